The summed E-state index contributed by atoms with van der Waals surface area (Å²) in [5.74, 6) is -0.526. The second-order valence-corrected chi connectivity index (χ2v) is 6.85. The highest BCUT2D eigenvalue weighted by molar-refractivity contribution is 5.84. The monoisotopic (exact) mass is 331 g/mol. The highest BCUT2D eigenvalue weighted by Gasteiger charge is 2.48. The molecule has 1 fully saturated rings. The third kappa shape index (κ3) is 3.96. The summed E-state index contributed by atoms with van der Waals surface area (Å²) in [6.45, 7) is 9.13. The lowest BCUT2D eigenvalue weighted by atomic mass is 10.0. The van der Waals surface area contributed by atoms with E-state index in [1.165, 1.54) is 0 Å². The fourth-order valence-electron chi connectivity index (χ4n) is 2.75. The molecule has 1 amide bonds. The summed E-state index contributed by atoms with van der Waals surface area (Å²) in [5.41, 5.74) is 0.344. The van der Waals surface area contributed by atoms with Crippen LogP contribution in [0.5, 0.6) is 0 Å². The number of ether oxygens (including phenoxy) is 2. The molecule has 0 aliphatic carbocycles. The predicted octanol–water partition coefficient (Wildman–Crippen LogP) is 3.85. The Balaban J connectivity index is 2.28. The molecule has 2 rings (SSSR count). The Morgan fingerprint density at radius 2 is 1.92 bits per heavy atom. The summed E-state index contributed by atoms with van der Waals surface area (Å²) in [7, 11) is 0. The van der Waals surface area contributed by atoms with Crippen molar-refractivity contribution in [3.05, 3.63) is 48.0 Å². The summed E-state index contributed by atoms with van der Waals surface area (Å²) >= 11 is 0. The number of carbonyl (C=O) groups excluding carboxylic acids is 2. The predicted molar refractivity (Wildman–Crippen MR) is 91.4 cm³/mol. The van der Waals surface area contributed by atoms with E-state index in [4.69, 9.17) is 9.47 Å². The minimum absolute atomic E-state index is 0.215. The van der Waals surface area contributed by atoms with Gasteiger partial charge in [-0.2, -0.15) is 0 Å². The molecule has 1 aromatic rings. The first kappa shape index (κ1) is 18.0. The molecule has 3 atom stereocenters. The van der Waals surface area contributed by atoms with E-state index >= 15 is 0 Å². The number of rotatable bonds is 4. The molecule has 0 radical (unpaired) electrons. The van der Waals surface area contributed by atoms with E-state index in [1.807, 2.05) is 50.3 Å². The second-order valence-electron chi connectivity index (χ2n) is 6.85. The van der Waals surface area contributed by atoms with Crippen LogP contribution in [0, 0.1) is 0 Å². The van der Waals surface area contributed by atoms with Crippen LogP contribution in [-0.4, -0.2) is 34.7 Å². The van der Waals surface area contributed by atoms with Crippen LogP contribution in [0.25, 0.3) is 0 Å². The van der Waals surface area contributed by atoms with Crippen LogP contribution in [0.3, 0.4) is 0 Å². The highest BCUT2D eigenvalue weighted by Crippen LogP contribution is 2.32. The lowest BCUT2D eigenvalue weighted by Crippen LogP contribution is -2.42. The van der Waals surface area contributed by atoms with Gasteiger partial charge >= 0.3 is 12.1 Å². The number of benzene rings is 1. The van der Waals surface area contributed by atoms with E-state index < -0.39 is 29.8 Å². The topological polar surface area (TPSA) is 55.8 Å². The molecule has 5 heteroatoms. The maximum Gasteiger partial charge on any atom is 0.411 e. The Labute approximate surface area is 143 Å². The number of hydrogen-bond donors (Lipinski definition) is 0. The zero-order valence-corrected chi connectivity index (χ0v) is 14.9. The summed E-state index contributed by atoms with van der Waals surface area (Å²) in [4.78, 5) is 26.4. The molecule has 1 heterocycles. The Hall–Kier alpha value is -2.30. The first-order valence-electron chi connectivity index (χ1n) is 8.14. The molecule has 0 aromatic heterocycles. The molecule has 0 saturated carbocycles. The van der Waals surface area contributed by atoms with Gasteiger partial charge in [0, 0.05) is 0 Å². The van der Waals surface area contributed by atoms with Gasteiger partial charge in [0.1, 0.15) is 11.6 Å². The van der Waals surface area contributed by atoms with E-state index in [0.717, 1.165) is 5.56 Å². The van der Waals surface area contributed by atoms with Gasteiger partial charge in [0.05, 0.1) is 6.04 Å². The van der Waals surface area contributed by atoms with Gasteiger partial charge in [-0.15, -0.1) is 0 Å². The van der Waals surface area contributed by atoms with Crippen molar-refractivity contribution in [1.29, 1.82) is 0 Å². The number of cyclic esters (lactones) is 1. The van der Waals surface area contributed by atoms with E-state index in [9.17, 15) is 9.59 Å². The van der Waals surface area contributed by atoms with Crippen molar-refractivity contribution >= 4 is 12.1 Å². The molecule has 0 unspecified atom stereocenters. The summed E-state index contributed by atoms with van der Waals surface area (Å²) < 4.78 is 10.8. The minimum atomic E-state index is -0.959. The lowest BCUT2D eigenvalue weighted by molar-refractivity contribution is -0.164. The van der Waals surface area contributed by atoms with Crippen molar-refractivity contribution in [2.24, 2.45) is 0 Å². The smallest absolute Gasteiger partial charge is 0.411 e. The molecule has 1 aliphatic rings. The number of esters is 1. The minimum Gasteiger partial charge on any atom is -0.457 e. The first-order chi connectivity index (χ1) is 11.2. The molecule has 0 spiro atoms. The van der Waals surface area contributed by atoms with Crippen LogP contribution in [0.2, 0.25) is 0 Å². The van der Waals surface area contributed by atoms with Gasteiger partial charge in [-0.3, -0.25) is 4.90 Å². The summed E-state index contributed by atoms with van der Waals surface area (Å²) in [5, 5.41) is 0. The van der Waals surface area contributed by atoms with Gasteiger partial charge in [-0.05, 0) is 40.2 Å². The lowest BCUT2D eigenvalue weighted by Gasteiger charge is -2.28. The van der Waals surface area contributed by atoms with Crippen molar-refractivity contribution in [3.63, 3.8) is 0 Å². The Kier molecular flexibility index (Phi) is 5.32. The molecule has 1 aromatic carbocycles. The maximum atomic E-state index is 12.4. The third-order valence-electron chi connectivity index (χ3n) is 3.80. The van der Waals surface area contributed by atoms with Crippen LogP contribution in [0.1, 0.15) is 46.2 Å². The highest BCUT2D eigenvalue weighted by atomic mass is 16.6. The van der Waals surface area contributed by atoms with Crippen molar-refractivity contribution in [3.8, 4) is 0 Å². The van der Waals surface area contributed by atoms with Crippen LogP contribution in [-0.2, 0) is 14.3 Å². The molecule has 1 saturated heterocycles. The summed E-state index contributed by atoms with van der Waals surface area (Å²) in [6, 6.07) is 8.95. The molecule has 0 bridgehead atoms. The molecule has 130 valence electrons. The number of hydrogen-bond acceptors (Lipinski definition) is 4. The van der Waals surface area contributed by atoms with Crippen molar-refractivity contribution in [1.82, 2.24) is 4.90 Å². The van der Waals surface area contributed by atoms with Gasteiger partial charge < -0.3 is 9.47 Å². The van der Waals surface area contributed by atoms with E-state index in [2.05, 4.69) is 0 Å². The van der Waals surface area contributed by atoms with E-state index in [-0.39, 0.29) is 6.04 Å². The van der Waals surface area contributed by atoms with E-state index in [0.29, 0.717) is 0 Å². The number of amides is 1. The molecular formula is C19H25NO4. The standard InChI is InChI=1S/C19H25NO4/c1-6-10-15-16(17(21)24-19(3,4)5)23-18(22)20(15)13(2)14-11-8-7-9-12-14/h6-13,15-16H,1-5H3/b10-6+/t13-,15-,16-/m0/s1. The Morgan fingerprint density at radius 3 is 2.46 bits per heavy atom. The van der Waals surface area contributed by atoms with Gasteiger partial charge in [-0.25, -0.2) is 9.59 Å². The number of carbonyl (C=O) groups is 2. The third-order valence-corrected chi connectivity index (χ3v) is 3.80. The normalized spacial score (nSPS) is 22.5. The fourth-order valence-corrected chi connectivity index (χ4v) is 2.75. The van der Waals surface area contributed by atoms with Gasteiger partial charge in [-0.1, -0.05) is 42.5 Å². The van der Waals surface area contributed by atoms with Crippen LogP contribution >= 0.6 is 0 Å². The quantitative estimate of drug-likeness (QED) is 0.621. The Bertz CT molecular complexity index is 618. The van der Waals surface area contributed by atoms with Crippen LogP contribution in [0.15, 0.2) is 42.5 Å². The molecule has 5 nitrogen and oxygen atoms in total. The van der Waals surface area contributed by atoms with Crippen molar-refractivity contribution < 1.29 is 19.1 Å². The zero-order chi connectivity index (χ0) is 17.9. The molecule has 0 N–H and O–H groups in total. The summed E-state index contributed by atoms with van der Waals surface area (Å²) in [6.07, 6.45) is 2.15. The SMILES string of the molecule is C/C=C/[C@H]1[C@@H](C(=O)OC(C)(C)C)OC(=O)N1[C@@H](C)c1ccccc1. The van der Waals surface area contributed by atoms with Gasteiger partial charge in [0.25, 0.3) is 0 Å². The molecule has 1 aliphatic heterocycles. The maximum absolute atomic E-state index is 12.4. The average molecular weight is 331 g/mol. The van der Waals surface area contributed by atoms with Gasteiger partial charge in [0.15, 0.2) is 0 Å². The van der Waals surface area contributed by atoms with Crippen molar-refractivity contribution in [2.75, 3.05) is 0 Å². The van der Waals surface area contributed by atoms with E-state index in [1.54, 1.807) is 31.7 Å². The van der Waals surface area contributed by atoms with Crippen LogP contribution < -0.4 is 0 Å². The average Bonchev–Trinajstić information content (AvgIpc) is 2.83. The Morgan fingerprint density at radius 1 is 1.29 bits per heavy atom. The second kappa shape index (κ2) is 7.07. The molecular weight excluding hydrogens is 306 g/mol. The fraction of sp³-hybridized carbons (Fsp3) is 0.474. The van der Waals surface area contributed by atoms with Crippen molar-refractivity contribution in [2.45, 2.75) is 58.4 Å². The first-order valence-corrected chi connectivity index (χ1v) is 8.14. The van der Waals surface area contributed by atoms with Crippen LogP contribution in [0.4, 0.5) is 4.79 Å². The number of nitrogens with zero attached hydrogens (tertiary/aromatic N) is 1. The largest absolute Gasteiger partial charge is 0.457 e. The zero-order valence-electron chi connectivity index (χ0n) is 14.9. The number of allylic oxidation sites excluding steroid dienone is 1. The van der Waals surface area contributed by atoms with Gasteiger partial charge in [0.2, 0.25) is 6.10 Å². The molecule has 24 heavy (non-hydrogen) atoms.